The number of aromatic amines is 1. The van der Waals surface area contributed by atoms with Crippen LogP contribution in [0.25, 0.3) is 16.7 Å². The maximum Gasteiger partial charge on any atom is 0.263 e. The third-order valence-electron chi connectivity index (χ3n) is 4.24. The van der Waals surface area contributed by atoms with Crippen molar-refractivity contribution >= 4 is 22.9 Å². The van der Waals surface area contributed by atoms with Crippen molar-refractivity contribution in [3.05, 3.63) is 46.9 Å². The van der Waals surface area contributed by atoms with Crippen molar-refractivity contribution in [2.75, 3.05) is 23.7 Å². The molecule has 0 saturated heterocycles. The van der Waals surface area contributed by atoms with Gasteiger partial charge in [-0.2, -0.15) is 14.8 Å². The second-order valence-corrected chi connectivity index (χ2v) is 7.48. The largest absolute Gasteiger partial charge is 0.354 e. The van der Waals surface area contributed by atoms with Gasteiger partial charge in [-0.25, -0.2) is 4.68 Å². The van der Waals surface area contributed by atoms with Gasteiger partial charge in [0.2, 0.25) is 11.9 Å². The number of anilines is 2. The van der Waals surface area contributed by atoms with Crippen molar-refractivity contribution in [3.8, 4) is 5.69 Å². The van der Waals surface area contributed by atoms with E-state index in [-0.39, 0.29) is 11.1 Å². The molecule has 0 amide bonds. The van der Waals surface area contributed by atoms with Gasteiger partial charge in [-0.1, -0.05) is 23.3 Å². The van der Waals surface area contributed by atoms with Crippen LogP contribution in [0, 0.1) is 0 Å². The Hall–Kier alpha value is -3.76. The Bertz CT molecular complexity index is 1170. The Morgan fingerprint density at radius 1 is 1.10 bits per heavy atom. The number of benzene rings is 1. The summed E-state index contributed by atoms with van der Waals surface area (Å²) >= 11 is 0. The molecule has 0 saturated carbocycles. The van der Waals surface area contributed by atoms with E-state index in [1.807, 2.05) is 51.1 Å². The zero-order valence-electron chi connectivity index (χ0n) is 16.4. The van der Waals surface area contributed by atoms with Crippen LogP contribution >= 0.6 is 0 Å². The molecule has 0 radical (unpaired) electrons. The summed E-state index contributed by atoms with van der Waals surface area (Å²) in [4.78, 5) is 19.6. The SMILES string of the molecule is CC(C)(C)n1ncc2c(=O)[nH]c(NCCNc3nnnn3-c3ccccc3)nc21. The van der Waals surface area contributed by atoms with Gasteiger partial charge in [0.1, 0.15) is 5.39 Å². The topological polar surface area (TPSA) is 131 Å². The molecule has 0 aliphatic rings. The maximum absolute atomic E-state index is 12.3. The lowest BCUT2D eigenvalue weighted by Gasteiger charge is -2.19. The van der Waals surface area contributed by atoms with Crippen molar-refractivity contribution in [2.24, 2.45) is 0 Å². The van der Waals surface area contributed by atoms with Crippen molar-refractivity contribution < 1.29 is 0 Å². The molecule has 11 nitrogen and oxygen atoms in total. The van der Waals surface area contributed by atoms with E-state index < -0.39 is 0 Å². The van der Waals surface area contributed by atoms with Crippen molar-refractivity contribution in [1.29, 1.82) is 0 Å². The summed E-state index contributed by atoms with van der Waals surface area (Å²) in [6.07, 6.45) is 1.54. The minimum atomic E-state index is -0.282. The van der Waals surface area contributed by atoms with E-state index in [9.17, 15) is 4.79 Å². The minimum absolute atomic E-state index is 0.228. The first-order valence-corrected chi connectivity index (χ1v) is 9.23. The maximum atomic E-state index is 12.3. The fourth-order valence-corrected chi connectivity index (χ4v) is 2.89. The molecule has 3 heterocycles. The second-order valence-electron chi connectivity index (χ2n) is 7.48. The van der Waals surface area contributed by atoms with E-state index in [1.54, 1.807) is 15.6 Å². The van der Waals surface area contributed by atoms with Gasteiger partial charge in [-0.3, -0.25) is 9.78 Å². The van der Waals surface area contributed by atoms with Crippen LogP contribution in [0.3, 0.4) is 0 Å². The van der Waals surface area contributed by atoms with Gasteiger partial charge in [-0.05, 0) is 43.3 Å². The van der Waals surface area contributed by atoms with Crippen molar-refractivity contribution in [2.45, 2.75) is 26.3 Å². The standard InChI is InChI=1S/C18H22N10O/c1-18(2,3)28-14-13(11-21-28)15(29)23-16(22-14)19-9-10-20-17-24-25-26-27(17)12-7-5-4-6-8-12/h4-8,11H,9-10H2,1-3H3,(H,20,24,26)(H2,19,22,23,29). The predicted molar refractivity (Wildman–Crippen MR) is 109 cm³/mol. The van der Waals surface area contributed by atoms with Crippen LogP contribution in [-0.4, -0.2) is 53.0 Å². The quantitative estimate of drug-likeness (QED) is 0.418. The third-order valence-corrected chi connectivity index (χ3v) is 4.24. The van der Waals surface area contributed by atoms with Gasteiger partial charge >= 0.3 is 0 Å². The van der Waals surface area contributed by atoms with Gasteiger partial charge in [0.15, 0.2) is 5.65 Å². The van der Waals surface area contributed by atoms with E-state index in [2.05, 4.69) is 41.2 Å². The fraction of sp³-hybridized carbons (Fsp3) is 0.333. The second kappa shape index (κ2) is 7.34. The molecule has 3 N–H and O–H groups in total. The molecule has 0 aliphatic heterocycles. The molecule has 4 aromatic rings. The number of nitrogens with zero attached hydrogens (tertiary/aromatic N) is 7. The van der Waals surface area contributed by atoms with E-state index in [0.717, 1.165) is 5.69 Å². The highest BCUT2D eigenvalue weighted by Crippen LogP contribution is 2.18. The molecule has 0 aliphatic carbocycles. The number of H-pyrrole nitrogens is 1. The Balaban J connectivity index is 1.44. The van der Waals surface area contributed by atoms with Crippen LogP contribution in [0.15, 0.2) is 41.3 Å². The van der Waals surface area contributed by atoms with Gasteiger partial charge < -0.3 is 10.6 Å². The van der Waals surface area contributed by atoms with Crippen molar-refractivity contribution in [1.82, 2.24) is 40.0 Å². The number of fused-ring (bicyclic) bond motifs is 1. The lowest BCUT2D eigenvalue weighted by molar-refractivity contribution is 0.366. The van der Waals surface area contributed by atoms with Crippen LogP contribution in [0.5, 0.6) is 0 Å². The van der Waals surface area contributed by atoms with Crippen LogP contribution in [0.4, 0.5) is 11.9 Å². The van der Waals surface area contributed by atoms with Crippen molar-refractivity contribution in [3.63, 3.8) is 0 Å². The smallest absolute Gasteiger partial charge is 0.263 e. The summed E-state index contributed by atoms with van der Waals surface area (Å²) in [5.41, 5.74) is 0.897. The summed E-state index contributed by atoms with van der Waals surface area (Å²) in [5.74, 6) is 0.915. The van der Waals surface area contributed by atoms with Gasteiger partial charge in [0.05, 0.1) is 17.4 Å². The molecule has 0 unspecified atom stereocenters. The fourth-order valence-electron chi connectivity index (χ4n) is 2.89. The highest BCUT2D eigenvalue weighted by Gasteiger charge is 2.19. The average molecular weight is 394 g/mol. The lowest BCUT2D eigenvalue weighted by Crippen LogP contribution is -2.25. The Labute approximate surface area is 166 Å². The molecule has 0 atom stereocenters. The van der Waals surface area contributed by atoms with E-state index in [1.165, 1.54) is 0 Å². The number of tetrazole rings is 1. The van der Waals surface area contributed by atoms with Gasteiger partial charge in [0, 0.05) is 13.1 Å². The molecule has 0 fully saturated rings. The number of hydrogen-bond donors (Lipinski definition) is 3. The zero-order chi connectivity index (χ0) is 20.4. The molecule has 0 bridgehead atoms. The summed E-state index contributed by atoms with van der Waals surface area (Å²) in [7, 11) is 0. The van der Waals surface area contributed by atoms with E-state index in [4.69, 9.17) is 0 Å². The minimum Gasteiger partial charge on any atom is -0.354 e. The number of hydrogen-bond acceptors (Lipinski definition) is 8. The molecule has 1 aromatic carbocycles. The average Bonchev–Trinajstić information content (AvgIpc) is 3.33. The third kappa shape index (κ3) is 3.79. The normalized spacial score (nSPS) is 11.7. The summed E-state index contributed by atoms with van der Waals surface area (Å²) in [6.45, 7) is 7.05. The van der Waals surface area contributed by atoms with E-state index in [0.29, 0.717) is 36.0 Å². The van der Waals surface area contributed by atoms with Crippen LogP contribution < -0.4 is 16.2 Å². The van der Waals surface area contributed by atoms with E-state index >= 15 is 0 Å². The molecular formula is C18H22N10O. The molecule has 11 heteroatoms. The van der Waals surface area contributed by atoms with Crippen LogP contribution in [0.1, 0.15) is 20.8 Å². The molecule has 150 valence electrons. The Morgan fingerprint density at radius 3 is 2.62 bits per heavy atom. The number of para-hydroxylation sites is 1. The van der Waals surface area contributed by atoms with Gasteiger partial charge in [-0.15, -0.1) is 0 Å². The highest BCUT2D eigenvalue weighted by molar-refractivity contribution is 5.74. The van der Waals surface area contributed by atoms with Gasteiger partial charge in [0.25, 0.3) is 5.56 Å². The predicted octanol–water partition coefficient (Wildman–Crippen LogP) is 1.37. The van der Waals surface area contributed by atoms with Crippen LogP contribution in [0.2, 0.25) is 0 Å². The molecule has 29 heavy (non-hydrogen) atoms. The number of nitrogens with one attached hydrogen (secondary N) is 3. The first-order valence-electron chi connectivity index (χ1n) is 9.23. The number of rotatable bonds is 6. The Morgan fingerprint density at radius 2 is 1.86 bits per heavy atom. The highest BCUT2D eigenvalue weighted by atomic mass is 16.1. The molecule has 3 aromatic heterocycles. The zero-order valence-corrected chi connectivity index (χ0v) is 16.4. The summed E-state index contributed by atoms with van der Waals surface area (Å²) < 4.78 is 3.36. The molecule has 4 rings (SSSR count). The lowest BCUT2D eigenvalue weighted by atomic mass is 10.1. The number of aromatic nitrogens is 8. The van der Waals surface area contributed by atoms with Crippen LogP contribution in [-0.2, 0) is 5.54 Å². The molecule has 0 spiro atoms. The summed E-state index contributed by atoms with van der Waals surface area (Å²) in [5, 5.41) is 22.8. The molecular weight excluding hydrogens is 372 g/mol. The Kier molecular flexibility index (Phi) is 4.71. The summed E-state index contributed by atoms with van der Waals surface area (Å²) in [6, 6.07) is 9.61. The monoisotopic (exact) mass is 394 g/mol. The first kappa shape index (κ1) is 18.6. The first-order chi connectivity index (χ1) is 13.9.